The first-order valence-electron chi connectivity index (χ1n) is 7.94. The Morgan fingerprint density at radius 3 is 2.64 bits per heavy atom. The summed E-state index contributed by atoms with van der Waals surface area (Å²) in [4.78, 5) is 37.0. The van der Waals surface area contributed by atoms with Crippen LogP contribution in [0.2, 0.25) is 0 Å². The summed E-state index contributed by atoms with van der Waals surface area (Å²) in [6.07, 6.45) is 1.25. The third-order valence-corrected chi connectivity index (χ3v) is 4.18. The number of nitro groups is 1. The lowest BCUT2D eigenvalue weighted by molar-refractivity contribution is -0.385. The van der Waals surface area contributed by atoms with E-state index in [9.17, 15) is 19.7 Å². The molecule has 2 aromatic rings. The maximum atomic E-state index is 12.6. The number of rotatable bonds is 4. The molecular formula is C18H17N3O4. The number of carbonyl (C=O) groups excluding carboxylic acids is 2. The van der Waals surface area contributed by atoms with Crippen LogP contribution in [0.5, 0.6) is 0 Å². The third kappa shape index (κ3) is 3.21. The van der Waals surface area contributed by atoms with Crippen molar-refractivity contribution in [3.63, 3.8) is 0 Å². The van der Waals surface area contributed by atoms with Crippen molar-refractivity contribution in [2.24, 2.45) is 0 Å². The van der Waals surface area contributed by atoms with E-state index in [0.717, 1.165) is 6.42 Å². The predicted octanol–water partition coefficient (Wildman–Crippen LogP) is 3.28. The van der Waals surface area contributed by atoms with Crippen molar-refractivity contribution in [1.29, 1.82) is 0 Å². The van der Waals surface area contributed by atoms with Crippen LogP contribution in [-0.2, 0) is 4.79 Å². The van der Waals surface area contributed by atoms with Crippen molar-refractivity contribution < 1.29 is 14.5 Å². The molecule has 0 spiro atoms. The van der Waals surface area contributed by atoms with E-state index in [1.165, 1.54) is 6.07 Å². The topological polar surface area (TPSA) is 92.6 Å². The van der Waals surface area contributed by atoms with Crippen molar-refractivity contribution in [1.82, 2.24) is 0 Å². The van der Waals surface area contributed by atoms with Crippen LogP contribution in [0.4, 0.5) is 17.1 Å². The summed E-state index contributed by atoms with van der Waals surface area (Å²) in [5, 5.41) is 14.0. The van der Waals surface area contributed by atoms with E-state index in [4.69, 9.17) is 0 Å². The molecule has 128 valence electrons. The summed E-state index contributed by atoms with van der Waals surface area (Å²) in [5.41, 5.74) is 1.26. The fourth-order valence-electron chi connectivity index (χ4n) is 2.99. The number of nitrogens with one attached hydrogen (secondary N) is 1. The molecule has 7 nitrogen and oxygen atoms in total. The number of amides is 2. The van der Waals surface area contributed by atoms with Gasteiger partial charge in [-0.3, -0.25) is 19.7 Å². The van der Waals surface area contributed by atoms with Crippen molar-refractivity contribution >= 4 is 28.9 Å². The largest absolute Gasteiger partial charge is 0.320 e. The molecule has 25 heavy (non-hydrogen) atoms. The van der Waals surface area contributed by atoms with Crippen molar-refractivity contribution in [2.45, 2.75) is 19.8 Å². The molecule has 1 saturated heterocycles. The minimum absolute atomic E-state index is 0.00300. The minimum Gasteiger partial charge on any atom is -0.320 e. The second-order valence-corrected chi connectivity index (χ2v) is 5.85. The molecule has 7 heteroatoms. The van der Waals surface area contributed by atoms with E-state index < -0.39 is 10.8 Å². The van der Waals surface area contributed by atoms with Crippen LogP contribution < -0.4 is 10.2 Å². The zero-order valence-electron chi connectivity index (χ0n) is 13.7. The van der Waals surface area contributed by atoms with Gasteiger partial charge in [-0.05, 0) is 31.5 Å². The molecule has 1 N–H and O–H groups in total. The lowest BCUT2D eigenvalue weighted by atomic mass is 10.1. The van der Waals surface area contributed by atoms with E-state index in [1.54, 1.807) is 48.2 Å². The molecule has 1 fully saturated rings. The Bertz CT molecular complexity index is 863. The van der Waals surface area contributed by atoms with Crippen LogP contribution >= 0.6 is 0 Å². The summed E-state index contributed by atoms with van der Waals surface area (Å²) >= 11 is 0. The summed E-state index contributed by atoms with van der Waals surface area (Å²) in [5.74, 6) is -0.572. The van der Waals surface area contributed by atoms with Crippen LogP contribution in [-0.4, -0.2) is 23.3 Å². The van der Waals surface area contributed by atoms with Crippen molar-refractivity contribution in [2.75, 3.05) is 16.8 Å². The van der Waals surface area contributed by atoms with E-state index in [1.807, 2.05) is 0 Å². The third-order valence-electron chi connectivity index (χ3n) is 4.18. The van der Waals surface area contributed by atoms with Gasteiger partial charge in [0, 0.05) is 18.5 Å². The second kappa shape index (κ2) is 6.72. The SMILES string of the molecule is Cc1cccc(C(=O)Nc2ccccc2N2CCCC2=O)c1[N+](=O)[O-]. The normalized spacial score (nSPS) is 13.8. The van der Waals surface area contributed by atoms with Crippen LogP contribution in [0.1, 0.15) is 28.8 Å². The highest BCUT2D eigenvalue weighted by molar-refractivity contribution is 6.10. The van der Waals surface area contributed by atoms with Gasteiger partial charge >= 0.3 is 0 Å². The molecule has 0 aromatic heterocycles. The Labute approximate surface area is 144 Å². The number of nitrogens with zero attached hydrogens (tertiary/aromatic N) is 2. The molecule has 2 aromatic carbocycles. The lowest BCUT2D eigenvalue weighted by Crippen LogP contribution is -2.25. The van der Waals surface area contributed by atoms with Gasteiger partial charge in [-0.15, -0.1) is 0 Å². The maximum Gasteiger partial charge on any atom is 0.285 e. The van der Waals surface area contributed by atoms with E-state index in [-0.39, 0.29) is 17.2 Å². The molecule has 0 unspecified atom stereocenters. The first kappa shape index (κ1) is 16.6. The highest BCUT2D eigenvalue weighted by Crippen LogP contribution is 2.31. The lowest BCUT2D eigenvalue weighted by Gasteiger charge is -2.20. The zero-order chi connectivity index (χ0) is 18.0. The Kier molecular flexibility index (Phi) is 4.47. The average molecular weight is 339 g/mol. The molecule has 0 radical (unpaired) electrons. The number of benzene rings is 2. The van der Waals surface area contributed by atoms with Crippen LogP contribution in [0.3, 0.4) is 0 Å². The molecule has 1 aliphatic rings. The standard InChI is InChI=1S/C18H17N3O4/c1-12-6-4-7-13(17(12)21(24)25)18(23)19-14-8-2-3-9-15(14)20-11-5-10-16(20)22/h2-4,6-9H,5,10-11H2,1H3,(H,19,23). The Balaban J connectivity index is 1.94. The van der Waals surface area contributed by atoms with Crippen molar-refractivity contribution in [3.05, 3.63) is 63.7 Å². The van der Waals surface area contributed by atoms with Gasteiger partial charge in [0.25, 0.3) is 11.6 Å². The maximum absolute atomic E-state index is 12.6. The molecular weight excluding hydrogens is 322 g/mol. The van der Waals surface area contributed by atoms with Gasteiger partial charge in [-0.1, -0.05) is 24.3 Å². The highest BCUT2D eigenvalue weighted by Gasteiger charge is 2.26. The van der Waals surface area contributed by atoms with E-state index in [0.29, 0.717) is 29.9 Å². The van der Waals surface area contributed by atoms with Crippen LogP contribution in [0.25, 0.3) is 0 Å². The van der Waals surface area contributed by atoms with E-state index in [2.05, 4.69) is 5.32 Å². The van der Waals surface area contributed by atoms with Crippen molar-refractivity contribution in [3.8, 4) is 0 Å². The van der Waals surface area contributed by atoms with E-state index >= 15 is 0 Å². The number of hydrogen-bond acceptors (Lipinski definition) is 4. The molecule has 2 amide bonds. The number of aryl methyl sites for hydroxylation is 1. The highest BCUT2D eigenvalue weighted by atomic mass is 16.6. The molecule has 0 aliphatic carbocycles. The fourth-order valence-corrected chi connectivity index (χ4v) is 2.99. The predicted molar refractivity (Wildman–Crippen MR) is 93.8 cm³/mol. The first-order valence-corrected chi connectivity index (χ1v) is 7.94. The summed E-state index contributed by atoms with van der Waals surface area (Å²) in [7, 11) is 0. The average Bonchev–Trinajstić information content (AvgIpc) is 3.00. The zero-order valence-corrected chi connectivity index (χ0v) is 13.7. The summed E-state index contributed by atoms with van der Waals surface area (Å²) in [6.45, 7) is 2.18. The number of anilines is 2. The second-order valence-electron chi connectivity index (χ2n) is 5.85. The number of para-hydroxylation sites is 3. The molecule has 0 bridgehead atoms. The Morgan fingerprint density at radius 1 is 1.20 bits per heavy atom. The van der Waals surface area contributed by atoms with Gasteiger partial charge in [0.1, 0.15) is 5.56 Å². The molecule has 1 aliphatic heterocycles. The molecule has 0 saturated carbocycles. The number of hydrogen-bond donors (Lipinski definition) is 1. The van der Waals surface area contributed by atoms with Gasteiger partial charge in [0.05, 0.1) is 16.3 Å². The smallest absolute Gasteiger partial charge is 0.285 e. The fraction of sp³-hybridized carbons (Fsp3) is 0.222. The van der Waals surface area contributed by atoms with Gasteiger partial charge < -0.3 is 10.2 Å². The summed E-state index contributed by atoms with van der Waals surface area (Å²) in [6, 6.07) is 11.6. The Hall–Kier alpha value is -3.22. The first-order chi connectivity index (χ1) is 12.0. The van der Waals surface area contributed by atoms with Gasteiger partial charge in [0.2, 0.25) is 5.91 Å². The number of nitro benzene ring substituents is 1. The molecule has 0 atom stereocenters. The van der Waals surface area contributed by atoms with Gasteiger partial charge in [-0.2, -0.15) is 0 Å². The van der Waals surface area contributed by atoms with Gasteiger partial charge in [-0.25, -0.2) is 0 Å². The number of carbonyl (C=O) groups is 2. The monoisotopic (exact) mass is 339 g/mol. The Morgan fingerprint density at radius 2 is 1.96 bits per heavy atom. The quantitative estimate of drug-likeness (QED) is 0.683. The van der Waals surface area contributed by atoms with Crippen LogP contribution in [0, 0.1) is 17.0 Å². The van der Waals surface area contributed by atoms with Crippen LogP contribution in [0.15, 0.2) is 42.5 Å². The molecule has 3 rings (SSSR count). The molecule has 1 heterocycles. The van der Waals surface area contributed by atoms with Gasteiger partial charge in [0.15, 0.2) is 0 Å². The summed E-state index contributed by atoms with van der Waals surface area (Å²) < 4.78 is 0. The minimum atomic E-state index is -0.575.